The lowest BCUT2D eigenvalue weighted by atomic mass is 10.1. The van der Waals surface area contributed by atoms with Gasteiger partial charge in [-0.05, 0) is 32.5 Å². The van der Waals surface area contributed by atoms with Crippen molar-refractivity contribution in [1.29, 1.82) is 0 Å². The van der Waals surface area contributed by atoms with Crippen LogP contribution in [-0.2, 0) is 6.42 Å². The second-order valence-electron chi connectivity index (χ2n) is 4.32. The van der Waals surface area contributed by atoms with Crippen molar-refractivity contribution in [2.75, 3.05) is 26.2 Å². The van der Waals surface area contributed by atoms with Crippen LogP contribution >= 0.6 is 0 Å². The lowest BCUT2D eigenvalue weighted by Gasteiger charge is -2.10. The molecular weight excluding hydrogens is 204 g/mol. The molecule has 0 bridgehead atoms. The predicted molar refractivity (Wildman–Crippen MR) is 61.1 cm³/mol. The Labute approximate surface area is 96.0 Å². The van der Waals surface area contributed by atoms with Gasteiger partial charge in [0, 0.05) is 13.0 Å². The molecule has 1 aliphatic rings. The van der Waals surface area contributed by atoms with E-state index in [1.54, 1.807) is 0 Å². The van der Waals surface area contributed by atoms with Crippen LogP contribution in [0.4, 0.5) is 0 Å². The lowest BCUT2D eigenvalue weighted by Crippen LogP contribution is -2.19. The van der Waals surface area contributed by atoms with Crippen LogP contribution in [0, 0.1) is 0 Å². The molecule has 0 spiro atoms. The molecule has 1 aromatic heterocycles. The zero-order valence-corrected chi connectivity index (χ0v) is 9.85. The predicted octanol–water partition coefficient (Wildman–Crippen LogP) is 0.770. The van der Waals surface area contributed by atoms with Gasteiger partial charge in [-0.15, -0.1) is 0 Å². The quantitative estimate of drug-likeness (QED) is 0.800. The van der Waals surface area contributed by atoms with Crippen LogP contribution in [0.2, 0.25) is 0 Å². The van der Waals surface area contributed by atoms with Gasteiger partial charge < -0.3 is 15.2 Å². The Morgan fingerprint density at radius 1 is 1.56 bits per heavy atom. The smallest absolute Gasteiger partial charge is 0.231 e. The van der Waals surface area contributed by atoms with Gasteiger partial charge in [-0.2, -0.15) is 4.98 Å². The topological polar surface area (TPSA) is 68.2 Å². The van der Waals surface area contributed by atoms with E-state index in [-0.39, 0.29) is 0 Å². The average Bonchev–Trinajstić information content (AvgIpc) is 2.94. The second-order valence-corrected chi connectivity index (χ2v) is 4.32. The van der Waals surface area contributed by atoms with Crippen molar-refractivity contribution in [2.24, 2.45) is 5.73 Å². The third kappa shape index (κ3) is 2.59. The number of hydrogen-bond donors (Lipinski definition) is 1. The zero-order valence-electron chi connectivity index (χ0n) is 9.85. The van der Waals surface area contributed by atoms with Gasteiger partial charge in [0.05, 0.1) is 5.92 Å². The van der Waals surface area contributed by atoms with E-state index >= 15 is 0 Å². The summed E-state index contributed by atoms with van der Waals surface area (Å²) < 4.78 is 5.31. The Kier molecular flexibility index (Phi) is 3.90. The average molecular weight is 224 g/mol. The van der Waals surface area contributed by atoms with Crippen LogP contribution in [-0.4, -0.2) is 41.2 Å². The fraction of sp³-hybridized carbons (Fsp3) is 0.818. The summed E-state index contributed by atoms with van der Waals surface area (Å²) in [6.07, 6.45) is 2.88. The highest BCUT2D eigenvalue weighted by molar-refractivity contribution is 4.98. The highest BCUT2D eigenvalue weighted by Gasteiger charge is 2.27. The van der Waals surface area contributed by atoms with Gasteiger partial charge >= 0.3 is 0 Å². The Bertz CT molecular complexity index is 326. The first kappa shape index (κ1) is 11.5. The summed E-state index contributed by atoms with van der Waals surface area (Å²) in [5.41, 5.74) is 5.45. The second kappa shape index (κ2) is 5.41. The first-order chi connectivity index (χ1) is 7.83. The van der Waals surface area contributed by atoms with E-state index < -0.39 is 0 Å². The van der Waals surface area contributed by atoms with E-state index in [9.17, 15) is 0 Å². The maximum Gasteiger partial charge on any atom is 0.231 e. The molecule has 5 heteroatoms. The SMILES string of the molecule is CCN1CCC(c2nc(CCCN)no2)C1. The fourth-order valence-corrected chi connectivity index (χ4v) is 2.12. The van der Waals surface area contributed by atoms with Gasteiger partial charge in [0.25, 0.3) is 0 Å². The summed E-state index contributed by atoms with van der Waals surface area (Å²) in [5.74, 6) is 2.04. The fourth-order valence-electron chi connectivity index (χ4n) is 2.12. The molecule has 0 saturated carbocycles. The van der Waals surface area contributed by atoms with E-state index in [0.29, 0.717) is 12.5 Å². The van der Waals surface area contributed by atoms with E-state index in [2.05, 4.69) is 22.0 Å². The van der Waals surface area contributed by atoms with Gasteiger partial charge in [-0.3, -0.25) is 0 Å². The largest absolute Gasteiger partial charge is 0.339 e. The highest BCUT2D eigenvalue weighted by Crippen LogP contribution is 2.25. The molecule has 1 atom stereocenters. The maximum atomic E-state index is 5.45. The Morgan fingerprint density at radius 2 is 2.44 bits per heavy atom. The summed E-state index contributed by atoms with van der Waals surface area (Å²) in [4.78, 5) is 6.85. The highest BCUT2D eigenvalue weighted by atomic mass is 16.5. The first-order valence-corrected chi connectivity index (χ1v) is 6.08. The van der Waals surface area contributed by atoms with Crippen LogP contribution in [0.1, 0.15) is 37.4 Å². The summed E-state index contributed by atoms with van der Waals surface area (Å²) in [7, 11) is 0. The van der Waals surface area contributed by atoms with Gasteiger partial charge in [0.15, 0.2) is 5.82 Å². The third-order valence-electron chi connectivity index (χ3n) is 3.16. The summed E-state index contributed by atoms with van der Waals surface area (Å²) in [6.45, 7) is 6.15. The van der Waals surface area contributed by atoms with Gasteiger partial charge in [0.1, 0.15) is 0 Å². The minimum Gasteiger partial charge on any atom is -0.339 e. The number of nitrogens with two attached hydrogens (primary N) is 1. The van der Waals surface area contributed by atoms with Gasteiger partial charge in [0.2, 0.25) is 5.89 Å². The molecular formula is C11H20N4O. The minimum absolute atomic E-state index is 0.430. The number of likely N-dealkylation sites (tertiary alicyclic amines) is 1. The Balaban J connectivity index is 1.92. The molecule has 90 valence electrons. The monoisotopic (exact) mass is 224 g/mol. The molecule has 2 rings (SSSR count). The van der Waals surface area contributed by atoms with Crippen molar-refractivity contribution in [3.05, 3.63) is 11.7 Å². The molecule has 0 amide bonds. The van der Waals surface area contributed by atoms with Crippen molar-refractivity contribution < 1.29 is 4.52 Å². The minimum atomic E-state index is 0.430. The van der Waals surface area contributed by atoms with Crippen molar-refractivity contribution in [2.45, 2.75) is 32.1 Å². The van der Waals surface area contributed by atoms with Crippen LogP contribution < -0.4 is 5.73 Å². The molecule has 1 saturated heterocycles. The van der Waals surface area contributed by atoms with Crippen LogP contribution in [0.3, 0.4) is 0 Å². The molecule has 16 heavy (non-hydrogen) atoms. The molecule has 0 radical (unpaired) electrons. The van der Waals surface area contributed by atoms with Crippen LogP contribution in [0.25, 0.3) is 0 Å². The van der Waals surface area contributed by atoms with Crippen molar-refractivity contribution >= 4 is 0 Å². The zero-order chi connectivity index (χ0) is 11.4. The van der Waals surface area contributed by atoms with Gasteiger partial charge in [-0.25, -0.2) is 0 Å². The first-order valence-electron chi connectivity index (χ1n) is 6.08. The molecule has 2 heterocycles. The standard InChI is InChI=1S/C11H20N4O/c1-2-15-7-5-9(8-15)11-13-10(14-16-11)4-3-6-12/h9H,2-8,12H2,1H3. The van der Waals surface area contributed by atoms with Crippen molar-refractivity contribution in [3.63, 3.8) is 0 Å². The number of rotatable bonds is 5. The molecule has 0 aromatic carbocycles. The summed E-state index contributed by atoms with van der Waals surface area (Å²) in [5, 5.41) is 3.99. The molecule has 1 fully saturated rings. The normalized spacial score (nSPS) is 21.8. The molecule has 1 aromatic rings. The molecule has 1 unspecified atom stereocenters. The number of aryl methyl sites for hydroxylation is 1. The number of aromatic nitrogens is 2. The van der Waals surface area contributed by atoms with Crippen molar-refractivity contribution in [1.82, 2.24) is 15.0 Å². The maximum absolute atomic E-state index is 5.45. The number of nitrogens with zero attached hydrogens (tertiary/aromatic N) is 3. The Morgan fingerprint density at radius 3 is 3.12 bits per heavy atom. The van der Waals surface area contributed by atoms with Crippen LogP contribution in [0.15, 0.2) is 4.52 Å². The molecule has 0 aliphatic carbocycles. The molecule has 2 N–H and O–H groups in total. The van der Waals surface area contributed by atoms with E-state index in [1.165, 1.54) is 0 Å². The van der Waals surface area contributed by atoms with E-state index in [0.717, 1.165) is 50.6 Å². The number of likely N-dealkylation sites (N-methyl/N-ethyl adjacent to an activating group) is 1. The molecule has 5 nitrogen and oxygen atoms in total. The number of hydrogen-bond acceptors (Lipinski definition) is 5. The summed E-state index contributed by atoms with van der Waals surface area (Å²) >= 11 is 0. The van der Waals surface area contributed by atoms with Gasteiger partial charge in [-0.1, -0.05) is 12.1 Å². The third-order valence-corrected chi connectivity index (χ3v) is 3.16. The lowest BCUT2D eigenvalue weighted by molar-refractivity contribution is 0.324. The van der Waals surface area contributed by atoms with E-state index in [4.69, 9.17) is 10.3 Å². The molecule has 1 aliphatic heterocycles. The summed E-state index contributed by atoms with van der Waals surface area (Å²) in [6, 6.07) is 0. The Hall–Kier alpha value is -0.940. The van der Waals surface area contributed by atoms with Crippen molar-refractivity contribution in [3.8, 4) is 0 Å². The van der Waals surface area contributed by atoms with E-state index in [1.807, 2.05) is 0 Å². The van der Waals surface area contributed by atoms with Crippen LogP contribution in [0.5, 0.6) is 0 Å².